The minimum Gasteiger partial charge on any atom is -0.381 e. The van der Waals surface area contributed by atoms with E-state index in [-0.39, 0.29) is 5.91 Å². The molecule has 5 heteroatoms. The van der Waals surface area contributed by atoms with Gasteiger partial charge in [0.25, 0.3) is 5.91 Å². The molecule has 1 amide bonds. The maximum Gasteiger partial charge on any atom is 0.257 e. The Labute approximate surface area is 151 Å². The van der Waals surface area contributed by atoms with Gasteiger partial charge in [-0.1, -0.05) is 35.2 Å². The molecule has 0 aliphatic heterocycles. The Morgan fingerprint density at radius 1 is 1.12 bits per heavy atom. The van der Waals surface area contributed by atoms with Crippen molar-refractivity contribution in [1.82, 2.24) is 4.98 Å². The van der Waals surface area contributed by atoms with Gasteiger partial charge >= 0.3 is 0 Å². The van der Waals surface area contributed by atoms with Gasteiger partial charge in [-0.2, -0.15) is 0 Å². The van der Waals surface area contributed by atoms with Gasteiger partial charge in [-0.15, -0.1) is 0 Å². The van der Waals surface area contributed by atoms with Crippen LogP contribution < -0.4 is 10.6 Å². The molecule has 0 atom stereocenters. The van der Waals surface area contributed by atoms with Crippen LogP contribution in [0.5, 0.6) is 0 Å². The van der Waals surface area contributed by atoms with Crippen molar-refractivity contribution in [2.45, 2.75) is 45.1 Å². The number of halogens is 1. The molecule has 1 aromatic heterocycles. The van der Waals surface area contributed by atoms with Crippen molar-refractivity contribution < 1.29 is 4.79 Å². The van der Waals surface area contributed by atoms with Crippen LogP contribution in [0.2, 0.25) is 0 Å². The van der Waals surface area contributed by atoms with E-state index in [1.807, 2.05) is 31.2 Å². The van der Waals surface area contributed by atoms with Crippen LogP contribution in [0.4, 0.5) is 11.4 Å². The van der Waals surface area contributed by atoms with Crippen LogP contribution in [0.3, 0.4) is 0 Å². The second-order valence-electron chi connectivity index (χ2n) is 6.36. The minimum absolute atomic E-state index is 0.142. The normalized spacial score (nSPS) is 15.1. The number of carbonyl (C=O) groups excluding carboxylic acids is 1. The quantitative estimate of drug-likeness (QED) is 0.762. The zero-order valence-corrected chi connectivity index (χ0v) is 15.4. The van der Waals surface area contributed by atoms with Gasteiger partial charge in [-0.05, 0) is 49.6 Å². The standard InChI is InChI=1S/C19H22BrN3O/c1-13-9-16(7-8-18(13)20)23-19(24)14-10-17(12-21-11-14)22-15-5-3-2-4-6-15/h7-12,15,22H,2-6H2,1H3,(H,23,24). The third-order valence-corrected chi connectivity index (χ3v) is 5.28. The van der Waals surface area contributed by atoms with E-state index in [4.69, 9.17) is 0 Å². The highest BCUT2D eigenvalue weighted by molar-refractivity contribution is 9.10. The van der Waals surface area contributed by atoms with Crippen LogP contribution in [-0.2, 0) is 0 Å². The average molecular weight is 388 g/mol. The summed E-state index contributed by atoms with van der Waals surface area (Å²) in [5, 5.41) is 6.44. The summed E-state index contributed by atoms with van der Waals surface area (Å²) < 4.78 is 1.03. The number of amides is 1. The summed E-state index contributed by atoms with van der Waals surface area (Å²) in [6.07, 6.45) is 9.64. The second-order valence-corrected chi connectivity index (χ2v) is 7.21. The highest BCUT2D eigenvalue weighted by Crippen LogP contribution is 2.23. The zero-order valence-electron chi connectivity index (χ0n) is 13.8. The highest BCUT2D eigenvalue weighted by atomic mass is 79.9. The van der Waals surface area contributed by atoms with E-state index in [9.17, 15) is 4.79 Å². The van der Waals surface area contributed by atoms with Gasteiger partial charge in [-0.25, -0.2) is 0 Å². The molecule has 1 aromatic carbocycles. The van der Waals surface area contributed by atoms with E-state index in [0.29, 0.717) is 11.6 Å². The van der Waals surface area contributed by atoms with Gasteiger partial charge in [0, 0.05) is 28.6 Å². The summed E-state index contributed by atoms with van der Waals surface area (Å²) in [6.45, 7) is 2.00. The molecule has 4 nitrogen and oxygen atoms in total. The molecule has 0 radical (unpaired) electrons. The number of aryl methyl sites for hydroxylation is 1. The molecule has 1 heterocycles. The smallest absolute Gasteiger partial charge is 0.257 e. The van der Waals surface area contributed by atoms with E-state index in [2.05, 4.69) is 31.5 Å². The molecule has 2 N–H and O–H groups in total. The van der Waals surface area contributed by atoms with Crippen molar-refractivity contribution in [2.24, 2.45) is 0 Å². The van der Waals surface area contributed by atoms with E-state index in [1.54, 1.807) is 12.4 Å². The van der Waals surface area contributed by atoms with E-state index in [0.717, 1.165) is 21.4 Å². The van der Waals surface area contributed by atoms with Crippen molar-refractivity contribution >= 4 is 33.2 Å². The second kappa shape index (κ2) is 7.79. The van der Waals surface area contributed by atoms with E-state index < -0.39 is 0 Å². The lowest BCUT2D eigenvalue weighted by molar-refractivity contribution is 0.102. The number of aromatic nitrogens is 1. The number of nitrogens with zero attached hydrogens (tertiary/aromatic N) is 1. The molecule has 0 saturated heterocycles. The lowest BCUT2D eigenvalue weighted by Crippen LogP contribution is -2.22. The van der Waals surface area contributed by atoms with Crippen molar-refractivity contribution in [3.05, 3.63) is 52.3 Å². The number of pyridine rings is 1. The molecule has 24 heavy (non-hydrogen) atoms. The van der Waals surface area contributed by atoms with Crippen molar-refractivity contribution in [3.8, 4) is 0 Å². The molecular weight excluding hydrogens is 366 g/mol. The fourth-order valence-corrected chi connectivity index (χ4v) is 3.30. The van der Waals surface area contributed by atoms with Gasteiger partial charge in [0.1, 0.15) is 0 Å². The number of benzene rings is 1. The summed E-state index contributed by atoms with van der Waals surface area (Å²) in [7, 11) is 0. The minimum atomic E-state index is -0.142. The SMILES string of the molecule is Cc1cc(NC(=O)c2cncc(NC3CCCCC3)c2)ccc1Br. The maximum atomic E-state index is 12.5. The summed E-state index contributed by atoms with van der Waals surface area (Å²) >= 11 is 3.47. The van der Waals surface area contributed by atoms with Gasteiger partial charge in [0.2, 0.25) is 0 Å². The highest BCUT2D eigenvalue weighted by Gasteiger charge is 2.14. The molecule has 1 saturated carbocycles. The van der Waals surface area contributed by atoms with Crippen molar-refractivity contribution in [3.63, 3.8) is 0 Å². The van der Waals surface area contributed by atoms with Crippen molar-refractivity contribution in [2.75, 3.05) is 10.6 Å². The number of carbonyl (C=O) groups is 1. The fraction of sp³-hybridized carbons (Fsp3) is 0.368. The average Bonchev–Trinajstić information content (AvgIpc) is 2.59. The molecule has 2 aromatic rings. The summed E-state index contributed by atoms with van der Waals surface area (Å²) in [5.74, 6) is -0.142. The lowest BCUT2D eigenvalue weighted by Gasteiger charge is -2.23. The number of anilines is 2. The molecule has 0 bridgehead atoms. The largest absolute Gasteiger partial charge is 0.381 e. The predicted octanol–water partition coefficient (Wildman–Crippen LogP) is 5.15. The lowest BCUT2D eigenvalue weighted by atomic mass is 9.95. The molecule has 0 spiro atoms. The van der Waals surface area contributed by atoms with Crippen LogP contribution in [0, 0.1) is 6.92 Å². The molecule has 1 aliphatic carbocycles. The number of hydrogen-bond acceptors (Lipinski definition) is 3. The third-order valence-electron chi connectivity index (χ3n) is 4.39. The summed E-state index contributed by atoms with van der Waals surface area (Å²) in [4.78, 5) is 16.7. The topological polar surface area (TPSA) is 54.0 Å². The molecular formula is C19H22BrN3O. The molecule has 3 rings (SSSR count). The van der Waals surface area contributed by atoms with Crippen LogP contribution >= 0.6 is 15.9 Å². The first-order chi connectivity index (χ1) is 11.6. The van der Waals surface area contributed by atoms with Crippen LogP contribution in [0.15, 0.2) is 41.1 Å². The molecule has 0 unspecified atom stereocenters. The summed E-state index contributed by atoms with van der Waals surface area (Å²) in [5.41, 5.74) is 3.35. The summed E-state index contributed by atoms with van der Waals surface area (Å²) in [6, 6.07) is 8.13. The Morgan fingerprint density at radius 3 is 2.67 bits per heavy atom. The van der Waals surface area contributed by atoms with Gasteiger partial charge in [0.05, 0.1) is 11.3 Å². The van der Waals surface area contributed by atoms with Crippen LogP contribution in [-0.4, -0.2) is 16.9 Å². The first-order valence-electron chi connectivity index (χ1n) is 8.41. The van der Waals surface area contributed by atoms with Gasteiger partial charge in [0.15, 0.2) is 0 Å². The Morgan fingerprint density at radius 2 is 1.92 bits per heavy atom. The first-order valence-corrected chi connectivity index (χ1v) is 9.20. The first kappa shape index (κ1) is 17.0. The van der Waals surface area contributed by atoms with Crippen molar-refractivity contribution in [1.29, 1.82) is 0 Å². The van der Waals surface area contributed by atoms with Gasteiger partial charge < -0.3 is 10.6 Å². The Bertz CT molecular complexity index is 726. The number of rotatable bonds is 4. The Kier molecular flexibility index (Phi) is 5.51. The molecule has 1 fully saturated rings. The van der Waals surface area contributed by atoms with Gasteiger partial charge in [-0.3, -0.25) is 9.78 Å². The van der Waals surface area contributed by atoms with Crippen LogP contribution in [0.1, 0.15) is 48.0 Å². The monoisotopic (exact) mass is 387 g/mol. The van der Waals surface area contributed by atoms with E-state index >= 15 is 0 Å². The molecule has 1 aliphatic rings. The Hall–Kier alpha value is -1.88. The number of hydrogen-bond donors (Lipinski definition) is 2. The maximum absolute atomic E-state index is 12.5. The molecule has 126 valence electrons. The predicted molar refractivity (Wildman–Crippen MR) is 102 cm³/mol. The fourth-order valence-electron chi connectivity index (χ4n) is 3.05. The Balaban J connectivity index is 1.68. The van der Waals surface area contributed by atoms with E-state index in [1.165, 1.54) is 32.1 Å². The van der Waals surface area contributed by atoms with Crippen LogP contribution in [0.25, 0.3) is 0 Å². The number of nitrogens with one attached hydrogen (secondary N) is 2. The zero-order chi connectivity index (χ0) is 16.9. The third kappa shape index (κ3) is 4.35.